The van der Waals surface area contributed by atoms with Gasteiger partial charge in [-0.3, -0.25) is 0 Å². The van der Waals surface area contributed by atoms with Gasteiger partial charge in [-0.25, -0.2) is 9.59 Å². The Kier molecular flexibility index (Phi) is 14.9. The third kappa shape index (κ3) is 11.1. The van der Waals surface area contributed by atoms with E-state index in [1.807, 2.05) is 0 Å². The van der Waals surface area contributed by atoms with Crippen molar-refractivity contribution in [1.82, 2.24) is 0 Å². The molecule has 5 nitrogen and oxygen atoms in total. The third-order valence-electron chi connectivity index (χ3n) is 8.94. The van der Waals surface area contributed by atoms with Crippen LogP contribution in [0.5, 0.6) is 0 Å². The predicted molar refractivity (Wildman–Crippen MR) is 159 cm³/mol. The van der Waals surface area contributed by atoms with Crippen LogP contribution >= 0.6 is 0 Å². The van der Waals surface area contributed by atoms with Gasteiger partial charge in [-0.05, 0) is 87.9 Å². The van der Waals surface area contributed by atoms with E-state index in [-0.39, 0.29) is 24.1 Å². The molecule has 1 saturated carbocycles. The lowest BCUT2D eigenvalue weighted by molar-refractivity contribution is -0.144. The van der Waals surface area contributed by atoms with Crippen molar-refractivity contribution in [3.63, 3.8) is 0 Å². The molecule has 5 unspecified atom stereocenters. The third-order valence-corrected chi connectivity index (χ3v) is 8.94. The van der Waals surface area contributed by atoms with Crippen LogP contribution in [0.4, 0.5) is 0 Å². The van der Waals surface area contributed by atoms with Gasteiger partial charge in [0.15, 0.2) is 0 Å². The van der Waals surface area contributed by atoms with Crippen LogP contribution in [0.3, 0.4) is 0 Å². The summed E-state index contributed by atoms with van der Waals surface area (Å²) >= 11 is 0. The smallest absolute Gasteiger partial charge is 0.335 e. The quantitative estimate of drug-likeness (QED) is 0.115. The van der Waals surface area contributed by atoms with Crippen molar-refractivity contribution in [1.29, 1.82) is 0 Å². The van der Waals surface area contributed by atoms with Crippen molar-refractivity contribution < 1.29 is 24.2 Å². The maximum atomic E-state index is 12.1. The van der Waals surface area contributed by atoms with Gasteiger partial charge in [-0.15, -0.1) is 0 Å². The van der Waals surface area contributed by atoms with Crippen LogP contribution in [0, 0.1) is 29.6 Å². The Hall–Kier alpha value is -2.14. The first-order valence-electron chi connectivity index (χ1n) is 15.4. The van der Waals surface area contributed by atoms with Crippen molar-refractivity contribution in [3.8, 4) is 0 Å². The summed E-state index contributed by atoms with van der Waals surface area (Å²) in [7, 11) is 0. The fourth-order valence-corrected chi connectivity index (χ4v) is 6.40. The van der Waals surface area contributed by atoms with Crippen LogP contribution < -0.4 is 0 Å². The number of allylic oxidation sites excluding steroid dienone is 4. The minimum atomic E-state index is -0.569. The number of unbranched alkanes of at least 4 members (excludes halogenated alkanes) is 2. The van der Waals surface area contributed by atoms with Gasteiger partial charge in [0.1, 0.15) is 0 Å². The lowest BCUT2D eigenvalue weighted by Gasteiger charge is -2.40. The molecule has 1 fully saturated rings. The van der Waals surface area contributed by atoms with Crippen molar-refractivity contribution in [2.24, 2.45) is 29.6 Å². The van der Waals surface area contributed by atoms with Gasteiger partial charge in [0.05, 0.1) is 25.4 Å². The average molecular weight is 543 g/mol. The summed E-state index contributed by atoms with van der Waals surface area (Å²) in [6.07, 6.45) is 18.8. The molecule has 0 aromatic rings. The number of aliphatic hydroxyl groups excluding tert-OH is 1. The van der Waals surface area contributed by atoms with E-state index in [1.54, 1.807) is 18.1 Å². The fourth-order valence-electron chi connectivity index (χ4n) is 6.40. The van der Waals surface area contributed by atoms with Gasteiger partial charge in [-0.1, -0.05) is 82.9 Å². The summed E-state index contributed by atoms with van der Waals surface area (Å²) in [5.41, 5.74) is 3.68. The zero-order chi connectivity index (χ0) is 28.8. The molecule has 0 amide bonds. The summed E-state index contributed by atoms with van der Waals surface area (Å²) in [4.78, 5) is 24.1. The topological polar surface area (TPSA) is 72.8 Å². The molecule has 0 aliphatic heterocycles. The zero-order valence-electron chi connectivity index (χ0n) is 25.1. The number of hydrogen-bond donors (Lipinski definition) is 1. The first kappa shape index (κ1) is 33.1. The number of aliphatic hydroxyl groups is 1. The number of hydrogen-bond acceptors (Lipinski definition) is 5. The molecule has 39 heavy (non-hydrogen) atoms. The molecule has 5 heteroatoms. The molecule has 0 heterocycles. The summed E-state index contributed by atoms with van der Waals surface area (Å²) in [6, 6.07) is 0. The fraction of sp³-hybridized carbons (Fsp3) is 0.706. The second-order valence-corrected chi connectivity index (χ2v) is 12.0. The van der Waals surface area contributed by atoms with Crippen LogP contribution in [-0.2, 0) is 19.1 Å². The van der Waals surface area contributed by atoms with E-state index in [1.165, 1.54) is 57.8 Å². The molecule has 2 rings (SSSR count). The SMILES string of the molecule is C=C(C)C(=O)OCC(CCOC(=O)C(=C)CO)C1CCC(CCC2=CC=C(CCCCC)C(C)C2)CC1CC. The van der Waals surface area contributed by atoms with Crippen molar-refractivity contribution in [2.45, 2.75) is 105 Å². The second kappa shape index (κ2) is 17.5. The Morgan fingerprint density at radius 2 is 1.85 bits per heavy atom. The van der Waals surface area contributed by atoms with Crippen molar-refractivity contribution in [2.75, 3.05) is 19.8 Å². The Bertz CT molecular complexity index is 882. The monoisotopic (exact) mass is 542 g/mol. The Morgan fingerprint density at radius 1 is 1.08 bits per heavy atom. The van der Waals surface area contributed by atoms with Gasteiger partial charge in [0.2, 0.25) is 0 Å². The van der Waals surface area contributed by atoms with Gasteiger partial charge >= 0.3 is 11.9 Å². The lowest BCUT2D eigenvalue weighted by atomic mass is 9.66. The molecule has 0 spiro atoms. The number of rotatable bonds is 17. The molecule has 2 aliphatic carbocycles. The molecule has 0 aromatic carbocycles. The van der Waals surface area contributed by atoms with Gasteiger partial charge in [0.25, 0.3) is 0 Å². The maximum absolute atomic E-state index is 12.1. The summed E-state index contributed by atoms with van der Waals surface area (Å²) in [5, 5.41) is 9.13. The molecule has 0 aromatic heterocycles. The number of ether oxygens (including phenoxy) is 2. The van der Waals surface area contributed by atoms with Gasteiger partial charge in [0, 0.05) is 5.57 Å². The number of carbonyl (C=O) groups is 2. The highest BCUT2D eigenvalue weighted by atomic mass is 16.5. The Morgan fingerprint density at radius 3 is 2.49 bits per heavy atom. The first-order valence-corrected chi connectivity index (χ1v) is 15.4. The highest BCUT2D eigenvalue weighted by molar-refractivity contribution is 5.88. The second-order valence-electron chi connectivity index (χ2n) is 12.0. The van der Waals surface area contributed by atoms with E-state index < -0.39 is 12.6 Å². The number of carbonyl (C=O) groups excluding carboxylic acids is 2. The minimum Gasteiger partial charge on any atom is -0.462 e. The van der Waals surface area contributed by atoms with Gasteiger partial charge in [-0.2, -0.15) is 0 Å². The highest BCUT2D eigenvalue weighted by Gasteiger charge is 2.35. The van der Waals surface area contributed by atoms with Crippen LogP contribution in [0.1, 0.15) is 105 Å². The normalized spacial score (nSPS) is 23.8. The zero-order valence-corrected chi connectivity index (χ0v) is 25.1. The van der Waals surface area contributed by atoms with Crippen LogP contribution in [0.2, 0.25) is 0 Å². The average Bonchev–Trinajstić information content (AvgIpc) is 2.93. The lowest BCUT2D eigenvalue weighted by Crippen LogP contribution is -2.34. The first-order chi connectivity index (χ1) is 18.7. The molecule has 1 N–H and O–H groups in total. The standard InChI is InChI=1S/C34H54O5/c1-7-9-10-11-30-16-14-27(20-25(30)5)12-13-28-15-17-32(29(8-2)21-28)31(23-39-33(36)24(3)4)18-19-38-34(37)26(6)22-35/h14,16,25,28-29,31-32,35H,3,6-13,15,17-23H2,1-2,4-5H3. The van der Waals surface area contributed by atoms with E-state index in [4.69, 9.17) is 14.6 Å². The Balaban J connectivity index is 1.95. The van der Waals surface area contributed by atoms with Crippen molar-refractivity contribution in [3.05, 3.63) is 47.6 Å². The summed E-state index contributed by atoms with van der Waals surface area (Å²) in [6.45, 7) is 15.9. The summed E-state index contributed by atoms with van der Waals surface area (Å²) < 4.78 is 10.9. The van der Waals surface area contributed by atoms with E-state index in [2.05, 4.69) is 46.1 Å². The summed E-state index contributed by atoms with van der Waals surface area (Å²) in [5.74, 6) is 1.56. The maximum Gasteiger partial charge on any atom is 0.335 e. The number of esters is 2. The molecule has 220 valence electrons. The molecule has 0 radical (unpaired) electrons. The largest absolute Gasteiger partial charge is 0.462 e. The molecule has 0 bridgehead atoms. The van der Waals surface area contributed by atoms with E-state index >= 15 is 0 Å². The predicted octanol–water partition coefficient (Wildman–Crippen LogP) is 7.90. The molecular weight excluding hydrogens is 488 g/mol. The highest BCUT2D eigenvalue weighted by Crippen LogP contribution is 2.43. The minimum absolute atomic E-state index is 0.0536. The van der Waals surface area contributed by atoms with Crippen LogP contribution in [0.25, 0.3) is 0 Å². The molecular formula is C34H54O5. The van der Waals surface area contributed by atoms with Crippen molar-refractivity contribution >= 4 is 11.9 Å². The van der Waals surface area contributed by atoms with Gasteiger partial charge < -0.3 is 14.6 Å². The molecule has 0 saturated heterocycles. The molecule has 2 aliphatic rings. The van der Waals surface area contributed by atoms with Crippen LogP contribution in [0.15, 0.2) is 47.6 Å². The van der Waals surface area contributed by atoms with E-state index in [0.717, 1.165) is 18.8 Å². The molecule has 5 atom stereocenters. The van der Waals surface area contributed by atoms with Crippen LogP contribution in [-0.4, -0.2) is 36.9 Å². The van der Waals surface area contributed by atoms with E-state index in [9.17, 15) is 9.59 Å². The Labute approximate surface area is 237 Å². The van der Waals surface area contributed by atoms with E-state index in [0.29, 0.717) is 36.4 Å².